The molecule has 1 unspecified atom stereocenters. The lowest BCUT2D eigenvalue weighted by Crippen LogP contribution is -2.50. The molecule has 0 N–H and O–H groups in total. The summed E-state index contributed by atoms with van der Waals surface area (Å²) in [5.74, 6) is 0.704. The molecule has 0 spiro atoms. The molecule has 0 saturated carbocycles. The lowest BCUT2D eigenvalue weighted by molar-refractivity contribution is -0.133. The van der Waals surface area contributed by atoms with Gasteiger partial charge in [-0.2, -0.15) is 10.4 Å². The van der Waals surface area contributed by atoms with Gasteiger partial charge in [-0.15, -0.1) is 6.58 Å². The Bertz CT molecular complexity index is 1170. The lowest BCUT2D eigenvalue weighted by atomic mass is 10.0. The molecule has 1 amide bonds. The highest BCUT2D eigenvalue weighted by Crippen LogP contribution is 2.32. The molecular weight excluding hydrogens is 402 g/mol. The maximum absolute atomic E-state index is 12.4. The predicted octanol–water partition coefficient (Wildman–Crippen LogP) is 3.74. The molecule has 32 heavy (non-hydrogen) atoms. The Morgan fingerprint density at radius 3 is 2.62 bits per heavy atom. The van der Waals surface area contributed by atoms with Crippen molar-refractivity contribution in [3.63, 3.8) is 0 Å². The third-order valence-corrected chi connectivity index (χ3v) is 5.90. The fraction of sp³-hybridized carbons (Fsp3) is 0.320. The minimum Gasteiger partial charge on any atom is -0.492 e. The quantitative estimate of drug-likeness (QED) is 0.558. The van der Waals surface area contributed by atoms with Crippen LogP contribution >= 0.6 is 0 Å². The number of hydrogen-bond acceptors (Lipinski definition) is 5. The summed E-state index contributed by atoms with van der Waals surface area (Å²) in [5.41, 5.74) is 4.31. The first-order valence-electron chi connectivity index (χ1n) is 10.9. The van der Waals surface area contributed by atoms with E-state index in [1.807, 2.05) is 24.8 Å². The summed E-state index contributed by atoms with van der Waals surface area (Å²) < 4.78 is 7.40. The van der Waals surface area contributed by atoms with Crippen LogP contribution in [0, 0.1) is 17.2 Å². The Balaban J connectivity index is 1.57. The maximum atomic E-state index is 12.4. The molecule has 7 nitrogen and oxygen atoms in total. The number of hydrogen-bond donors (Lipinski definition) is 0. The summed E-state index contributed by atoms with van der Waals surface area (Å²) >= 11 is 0. The van der Waals surface area contributed by atoms with Gasteiger partial charge in [-0.3, -0.25) is 4.79 Å². The molecule has 0 bridgehead atoms. The maximum Gasteiger partial charge on any atom is 0.229 e. The topological polar surface area (TPSA) is 73.9 Å². The van der Waals surface area contributed by atoms with Gasteiger partial charge >= 0.3 is 0 Å². The molecule has 3 aromatic rings. The van der Waals surface area contributed by atoms with Crippen molar-refractivity contribution in [2.45, 2.75) is 13.8 Å². The number of pyridine rings is 1. The molecule has 2 aromatic heterocycles. The zero-order chi connectivity index (χ0) is 22.7. The van der Waals surface area contributed by atoms with E-state index in [1.165, 1.54) is 0 Å². The van der Waals surface area contributed by atoms with Gasteiger partial charge in [0.2, 0.25) is 5.91 Å². The van der Waals surface area contributed by atoms with Crippen LogP contribution in [0.15, 0.2) is 55.4 Å². The summed E-state index contributed by atoms with van der Waals surface area (Å²) in [4.78, 5) is 16.6. The fourth-order valence-electron chi connectivity index (χ4n) is 4.07. The number of benzene rings is 1. The van der Waals surface area contributed by atoms with Crippen LogP contribution in [-0.4, -0.2) is 53.2 Å². The number of carbonyl (C=O) groups excluding carboxylic acids is 1. The van der Waals surface area contributed by atoms with Gasteiger partial charge in [0, 0.05) is 37.4 Å². The molecule has 1 atom stereocenters. The Hall–Kier alpha value is -3.79. The van der Waals surface area contributed by atoms with Crippen LogP contribution in [0.2, 0.25) is 0 Å². The van der Waals surface area contributed by atoms with E-state index in [0.29, 0.717) is 31.0 Å². The predicted molar refractivity (Wildman–Crippen MR) is 125 cm³/mol. The molecule has 1 aliphatic rings. The van der Waals surface area contributed by atoms with Crippen molar-refractivity contribution in [3.05, 3.63) is 60.9 Å². The molecule has 1 saturated heterocycles. The van der Waals surface area contributed by atoms with Crippen LogP contribution in [0.25, 0.3) is 16.6 Å². The van der Waals surface area contributed by atoms with Crippen LogP contribution in [0.3, 0.4) is 0 Å². The molecule has 0 radical (unpaired) electrons. The van der Waals surface area contributed by atoms with Crippen molar-refractivity contribution in [2.75, 3.05) is 37.7 Å². The normalized spacial score (nSPS) is 14.8. The minimum atomic E-state index is -0.146. The summed E-state index contributed by atoms with van der Waals surface area (Å²) in [7, 11) is 0. The van der Waals surface area contributed by atoms with Gasteiger partial charge in [-0.1, -0.05) is 25.1 Å². The highest BCUT2D eigenvalue weighted by atomic mass is 16.5. The van der Waals surface area contributed by atoms with Crippen molar-refractivity contribution >= 4 is 17.1 Å². The standard InChI is InChI=1S/C25H27N5O2/c1-4-18(3)25(31)29-12-10-28(11-13-29)21-8-6-19(7-9-21)23-14-22(32-5-2)17-30-24(23)20(15-26)16-27-30/h4,6-9,14,16-18H,1,5,10-13H2,2-3H3. The molecule has 1 fully saturated rings. The van der Waals surface area contributed by atoms with Crippen molar-refractivity contribution in [2.24, 2.45) is 5.92 Å². The van der Waals surface area contributed by atoms with Gasteiger partial charge in [0.25, 0.3) is 0 Å². The Kier molecular flexibility index (Phi) is 6.13. The molecule has 0 aliphatic carbocycles. The van der Waals surface area contributed by atoms with Gasteiger partial charge in [0.1, 0.15) is 11.8 Å². The molecule has 1 aromatic carbocycles. The Morgan fingerprint density at radius 1 is 1.28 bits per heavy atom. The molecule has 164 valence electrons. The van der Waals surface area contributed by atoms with Crippen molar-refractivity contribution in [3.8, 4) is 22.9 Å². The second-order valence-electron chi connectivity index (χ2n) is 7.87. The number of aromatic nitrogens is 2. The number of fused-ring (bicyclic) bond motifs is 1. The Labute approximate surface area is 188 Å². The van der Waals surface area contributed by atoms with Crippen LogP contribution in [-0.2, 0) is 4.79 Å². The molecule has 7 heteroatoms. The summed E-state index contributed by atoms with van der Waals surface area (Å²) in [6.45, 7) is 11.1. The van der Waals surface area contributed by atoms with E-state index in [0.717, 1.165) is 35.4 Å². The van der Waals surface area contributed by atoms with Gasteiger partial charge in [-0.05, 0) is 30.7 Å². The van der Waals surface area contributed by atoms with Gasteiger partial charge in [0.05, 0.1) is 36.0 Å². The van der Waals surface area contributed by atoms with Gasteiger partial charge in [-0.25, -0.2) is 4.52 Å². The number of piperazine rings is 1. The van der Waals surface area contributed by atoms with E-state index >= 15 is 0 Å². The third-order valence-electron chi connectivity index (χ3n) is 5.90. The second-order valence-corrected chi connectivity index (χ2v) is 7.87. The molecule has 3 heterocycles. The van der Waals surface area contributed by atoms with E-state index < -0.39 is 0 Å². The van der Waals surface area contributed by atoms with Crippen LogP contribution in [0.1, 0.15) is 19.4 Å². The van der Waals surface area contributed by atoms with Crippen LogP contribution < -0.4 is 9.64 Å². The van der Waals surface area contributed by atoms with E-state index in [9.17, 15) is 10.1 Å². The lowest BCUT2D eigenvalue weighted by Gasteiger charge is -2.37. The Morgan fingerprint density at radius 2 is 2.00 bits per heavy atom. The summed E-state index contributed by atoms with van der Waals surface area (Å²) in [6.07, 6.45) is 5.08. The van der Waals surface area contributed by atoms with Gasteiger partial charge < -0.3 is 14.5 Å². The first-order valence-corrected chi connectivity index (χ1v) is 10.9. The summed E-state index contributed by atoms with van der Waals surface area (Å²) in [6, 6.07) is 12.5. The van der Waals surface area contributed by atoms with Crippen molar-refractivity contribution in [1.29, 1.82) is 5.26 Å². The van der Waals surface area contributed by atoms with Crippen LogP contribution in [0.4, 0.5) is 5.69 Å². The van der Waals surface area contributed by atoms with E-state index in [-0.39, 0.29) is 11.8 Å². The number of ether oxygens (including phenoxy) is 1. The molecule has 4 rings (SSSR count). The van der Waals surface area contributed by atoms with Crippen LogP contribution in [0.5, 0.6) is 5.75 Å². The largest absolute Gasteiger partial charge is 0.492 e. The number of carbonyl (C=O) groups is 1. The SMILES string of the molecule is C=CC(C)C(=O)N1CCN(c2ccc(-c3cc(OCC)cn4ncc(C#N)c34)cc2)CC1. The fourth-order valence-corrected chi connectivity index (χ4v) is 4.07. The molecular formula is C25H27N5O2. The average Bonchev–Trinajstić information content (AvgIpc) is 3.26. The van der Waals surface area contributed by atoms with Gasteiger partial charge in [0.15, 0.2) is 0 Å². The van der Waals surface area contributed by atoms with Crippen molar-refractivity contribution in [1.82, 2.24) is 14.5 Å². The first-order chi connectivity index (χ1) is 15.5. The third kappa shape index (κ3) is 4.04. The number of nitriles is 1. The summed E-state index contributed by atoms with van der Waals surface area (Å²) in [5, 5.41) is 13.8. The van der Waals surface area contributed by atoms with E-state index in [4.69, 9.17) is 4.74 Å². The number of anilines is 1. The first kappa shape index (κ1) is 21.4. The number of nitrogens with zero attached hydrogens (tertiary/aromatic N) is 5. The number of rotatable bonds is 6. The minimum absolute atomic E-state index is 0.141. The highest BCUT2D eigenvalue weighted by molar-refractivity contribution is 5.86. The zero-order valence-corrected chi connectivity index (χ0v) is 18.5. The number of amides is 1. The molecule has 1 aliphatic heterocycles. The van der Waals surface area contributed by atoms with E-state index in [1.54, 1.807) is 23.0 Å². The monoisotopic (exact) mass is 429 g/mol. The zero-order valence-electron chi connectivity index (χ0n) is 18.5. The van der Waals surface area contributed by atoms with E-state index in [2.05, 4.69) is 46.9 Å². The highest BCUT2D eigenvalue weighted by Gasteiger charge is 2.23. The average molecular weight is 430 g/mol. The second kappa shape index (κ2) is 9.15. The smallest absolute Gasteiger partial charge is 0.229 e. The van der Waals surface area contributed by atoms with Crippen molar-refractivity contribution < 1.29 is 9.53 Å².